The summed E-state index contributed by atoms with van der Waals surface area (Å²) in [7, 11) is 0. The van der Waals surface area contributed by atoms with Gasteiger partial charge in [-0.25, -0.2) is 0 Å². The van der Waals surface area contributed by atoms with Gasteiger partial charge in [0.1, 0.15) is 0 Å². The van der Waals surface area contributed by atoms with Crippen LogP contribution >= 0.6 is 0 Å². The van der Waals surface area contributed by atoms with Gasteiger partial charge < -0.3 is 4.90 Å². The third-order valence-electron chi connectivity index (χ3n) is 3.81. The van der Waals surface area contributed by atoms with Gasteiger partial charge >= 0.3 is 0 Å². The Labute approximate surface area is 116 Å². The van der Waals surface area contributed by atoms with Gasteiger partial charge in [0.2, 0.25) is 5.78 Å². The summed E-state index contributed by atoms with van der Waals surface area (Å²) in [5, 5.41) is 0. The highest BCUT2D eigenvalue weighted by molar-refractivity contribution is 6.24. The number of nitrogens with zero attached hydrogens (tertiary/aromatic N) is 1. The second kappa shape index (κ2) is 6.69. The van der Waals surface area contributed by atoms with E-state index >= 15 is 0 Å². The predicted octanol–water partition coefficient (Wildman–Crippen LogP) is 3.26. The summed E-state index contributed by atoms with van der Waals surface area (Å²) in [5.74, 6) is 0.0800. The Hall–Kier alpha value is -1.38. The zero-order chi connectivity index (χ0) is 14.6. The van der Waals surface area contributed by atoms with Crippen LogP contribution in [-0.2, 0) is 9.59 Å². The van der Waals surface area contributed by atoms with Crippen molar-refractivity contribution in [3.05, 3.63) is 22.4 Å². The zero-order valence-electron chi connectivity index (χ0n) is 12.8. The normalized spacial score (nSPS) is 16.5. The van der Waals surface area contributed by atoms with Gasteiger partial charge in [0, 0.05) is 29.8 Å². The van der Waals surface area contributed by atoms with Gasteiger partial charge in [0.05, 0.1) is 5.70 Å². The first-order valence-corrected chi connectivity index (χ1v) is 7.24. The van der Waals surface area contributed by atoms with Crippen LogP contribution in [-0.4, -0.2) is 29.6 Å². The van der Waals surface area contributed by atoms with Crippen LogP contribution in [0, 0.1) is 0 Å². The summed E-state index contributed by atoms with van der Waals surface area (Å²) in [6.45, 7) is 11.3. The van der Waals surface area contributed by atoms with Crippen molar-refractivity contribution in [2.45, 2.75) is 53.9 Å². The van der Waals surface area contributed by atoms with Gasteiger partial charge in [0.25, 0.3) is 0 Å². The third kappa shape index (κ3) is 2.96. The van der Waals surface area contributed by atoms with Crippen molar-refractivity contribution in [1.29, 1.82) is 0 Å². The summed E-state index contributed by atoms with van der Waals surface area (Å²) >= 11 is 0. The molecule has 1 aliphatic carbocycles. The summed E-state index contributed by atoms with van der Waals surface area (Å²) in [6.07, 6.45) is 2.75. The van der Waals surface area contributed by atoms with Crippen LogP contribution in [0.2, 0.25) is 0 Å². The maximum absolute atomic E-state index is 12.5. The van der Waals surface area contributed by atoms with E-state index in [1.165, 1.54) is 0 Å². The van der Waals surface area contributed by atoms with Crippen molar-refractivity contribution < 1.29 is 9.59 Å². The predicted molar refractivity (Wildman–Crippen MR) is 77.9 cm³/mol. The molecule has 0 atom stereocenters. The fraction of sp³-hybridized carbons (Fsp3) is 0.625. The molecule has 0 aromatic carbocycles. The van der Waals surface area contributed by atoms with E-state index in [1.807, 2.05) is 13.8 Å². The number of likely N-dealkylation sites (N-methyl/N-ethyl adjacent to an activating group) is 1. The number of rotatable bonds is 6. The molecule has 1 rings (SSSR count). The topological polar surface area (TPSA) is 37.4 Å². The number of carbonyl (C=O) groups excluding carboxylic acids is 2. The molecule has 0 aromatic rings. The molecular formula is C16H25NO2. The van der Waals surface area contributed by atoms with Gasteiger partial charge in [-0.15, -0.1) is 0 Å². The molecule has 0 aliphatic heterocycles. The van der Waals surface area contributed by atoms with E-state index in [4.69, 9.17) is 0 Å². The van der Waals surface area contributed by atoms with Crippen LogP contribution < -0.4 is 0 Å². The minimum Gasteiger partial charge on any atom is -0.368 e. The van der Waals surface area contributed by atoms with Crippen LogP contribution in [0.4, 0.5) is 0 Å². The Morgan fingerprint density at radius 3 is 2.05 bits per heavy atom. The van der Waals surface area contributed by atoms with Crippen molar-refractivity contribution in [3.8, 4) is 0 Å². The monoisotopic (exact) mass is 263 g/mol. The van der Waals surface area contributed by atoms with E-state index in [2.05, 4.69) is 11.8 Å². The Bertz CT molecular complexity index is 444. The smallest absolute Gasteiger partial charge is 0.205 e. The lowest BCUT2D eigenvalue weighted by atomic mass is 9.86. The molecule has 0 N–H and O–H groups in total. The molecule has 3 heteroatoms. The van der Waals surface area contributed by atoms with Crippen molar-refractivity contribution in [3.63, 3.8) is 0 Å². The molecule has 0 bridgehead atoms. The van der Waals surface area contributed by atoms with Crippen LogP contribution in [0.25, 0.3) is 0 Å². The number of hydrogen-bond donors (Lipinski definition) is 0. The van der Waals surface area contributed by atoms with Crippen LogP contribution in [0.5, 0.6) is 0 Å². The van der Waals surface area contributed by atoms with Crippen molar-refractivity contribution in [2.75, 3.05) is 13.1 Å². The lowest BCUT2D eigenvalue weighted by Gasteiger charge is -2.30. The van der Waals surface area contributed by atoms with Gasteiger partial charge in [0.15, 0.2) is 5.78 Å². The van der Waals surface area contributed by atoms with E-state index in [9.17, 15) is 9.59 Å². The Balaban J connectivity index is 3.16. The minimum atomic E-state index is 0.0342. The molecule has 0 unspecified atom stereocenters. The van der Waals surface area contributed by atoms with E-state index in [0.29, 0.717) is 28.8 Å². The molecule has 0 fully saturated rings. The van der Waals surface area contributed by atoms with E-state index in [0.717, 1.165) is 25.9 Å². The fourth-order valence-corrected chi connectivity index (χ4v) is 2.57. The fourth-order valence-electron chi connectivity index (χ4n) is 2.57. The molecule has 19 heavy (non-hydrogen) atoms. The SMILES string of the molecule is CCCCN(CC)C1=C(C)C(=O)C(CC)=C(C)C1=O. The minimum absolute atomic E-state index is 0.0342. The number of hydrogen-bond acceptors (Lipinski definition) is 3. The Morgan fingerprint density at radius 1 is 0.947 bits per heavy atom. The van der Waals surface area contributed by atoms with Crippen LogP contribution in [0.1, 0.15) is 53.9 Å². The number of Topliss-reactive ketones (excluding diaryl/α,β-unsaturated/α-hetero) is 2. The lowest BCUT2D eigenvalue weighted by Crippen LogP contribution is -2.34. The van der Waals surface area contributed by atoms with Crippen molar-refractivity contribution in [1.82, 2.24) is 4.90 Å². The molecule has 0 radical (unpaired) electrons. The maximum atomic E-state index is 12.5. The second-order valence-electron chi connectivity index (χ2n) is 5.02. The van der Waals surface area contributed by atoms with Gasteiger partial charge in [-0.2, -0.15) is 0 Å². The molecular weight excluding hydrogens is 238 g/mol. The molecule has 1 aliphatic rings. The first kappa shape index (κ1) is 15.7. The maximum Gasteiger partial charge on any atom is 0.205 e. The summed E-state index contributed by atoms with van der Waals surface area (Å²) in [4.78, 5) is 26.9. The molecule has 0 heterocycles. The standard InChI is InChI=1S/C16H25NO2/c1-6-9-10-17(8-3)14-12(5)15(18)13(7-2)11(4)16(14)19/h6-10H2,1-5H3. The lowest BCUT2D eigenvalue weighted by molar-refractivity contribution is -0.117. The Morgan fingerprint density at radius 2 is 1.58 bits per heavy atom. The first-order chi connectivity index (χ1) is 8.99. The number of unbranched alkanes of at least 4 members (excludes halogenated alkanes) is 1. The molecule has 0 spiro atoms. The quantitative estimate of drug-likeness (QED) is 0.690. The Kier molecular flexibility index (Phi) is 5.52. The van der Waals surface area contributed by atoms with E-state index < -0.39 is 0 Å². The average Bonchev–Trinajstić information content (AvgIpc) is 2.41. The number of carbonyl (C=O) groups is 2. The molecule has 106 valence electrons. The van der Waals surface area contributed by atoms with Gasteiger partial charge in [-0.1, -0.05) is 20.3 Å². The van der Waals surface area contributed by atoms with Crippen molar-refractivity contribution in [2.24, 2.45) is 0 Å². The highest BCUT2D eigenvalue weighted by atomic mass is 16.1. The molecule has 0 aromatic heterocycles. The highest BCUT2D eigenvalue weighted by Crippen LogP contribution is 2.28. The molecule has 0 saturated carbocycles. The molecule has 3 nitrogen and oxygen atoms in total. The summed E-state index contributed by atoms with van der Waals surface area (Å²) in [5.41, 5.74) is 2.54. The van der Waals surface area contributed by atoms with Gasteiger partial charge in [-0.05, 0) is 33.6 Å². The first-order valence-electron chi connectivity index (χ1n) is 7.24. The van der Waals surface area contributed by atoms with Crippen LogP contribution in [0.3, 0.4) is 0 Å². The van der Waals surface area contributed by atoms with Crippen LogP contribution in [0.15, 0.2) is 22.4 Å². The van der Waals surface area contributed by atoms with Crippen molar-refractivity contribution >= 4 is 11.6 Å². The second-order valence-corrected chi connectivity index (χ2v) is 5.02. The van der Waals surface area contributed by atoms with E-state index in [-0.39, 0.29) is 11.6 Å². The largest absolute Gasteiger partial charge is 0.368 e. The summed E-state index contributed by atoms with van der Waals surface area (Å²) < 4.78 is 0. The molecule has 0 amide bonds. The molecule has 0 saturated heterocycles. The zero-order valence-corrected chi connectivity index (χ0v) is 12.8. The number of ketones is 2. The number of allylic oxidation sites excluding steroid dienone is 3. The summed E-state index contributed by atoms with van der Waals surface area (Å²) in [6, 6.07) is 0. The van der Waals surface area contributed by atoms with E-state index in [1.54, 1.807) is 13.8 Å². The highest BCUT2D eigenvalue weighted by Gasteiger charge is 2.31. The third-order valence-corrected chi connectivity index (χ3v) is 3.81. The van der Waals surface area contributed by atoms with Gasteiger partial charge in [-0.3, -0.25) is 9.59 Å². The average molecular weight is 263 g/mol.